The molecule has 0 aromatic rings. The van der Waals surface area contributed by atoms with Crippen molar-refractivity contribution in [3.8, 4) is 0 Å². The molecule has 0 aromatic heterocycles. The summed E-state index contributed by atoms with van der Waals surface area (Å²) < 4.78 is 12.1. The van der Waals surface area contributed by atoms with E-state index in [9.17, 15) is 20.0 Å². The van der Waals surface area contributed by atoms with Crippen LogP contribution in [0.3, 0.4) is 0 Å². The van der Waals surface area contributed by atoms with Crippen LogP contribution < -0.4 is 0 Å². The van der Waals surface area contributed by atoms with Crippen molar-refractivity contribution in [2.45, 2.75) is 89.1 Å². The number of nitrogens with zero attached hydrogens (tertiary/aromatic N) is 2. The first-order valence-electron chi connectivity index (χ1n) is 10.1. The number of thioether (sulfide) groups is 1. The Labute approximate surface area is 180 Å². The van der Waals surface area contributed by atoms with Crippen molar-refractivity contribution in [1.29, 1.82) is 0 Å². The van der Waals surface area contributed by atoms with Crippen LogP contribution in [0.4, 0.5) is 4.79 Å². The summed E-state index contributed by atoms with van der Waals surface area (Å²) in [5.74, 6) is 0.380. The normalized spacial score (nSPS) is 21.9. The number of aliphatic hydroxyl groups excluding tert-OH is 1. The highest BCUT2D eigenvalue weighted by atomic mass is 32.2. The molecule has 1 amide bonds. The van der Waals surface area contributed by atoms with E-state index in [4.69, 9.17) is 9.16 Å². The number of nitro groups is 1. The van der Waals surface area contributed by atoms with Crippen molar-refractivity contribution < 1.29 is 24.0 Å². The second-order valence-electron chi connectivity index (χ2n) is 10.1. The van der Waals surface area contributed by atoms with Gasteiger partial charge in [0.2, 0.25) is 6.54 Å². The monoisotopic (exact) mass is 450 g/mol. The molecule has 1 N–H and O–H groups in total. The summed E-state index contributed by atoms with van der Waals surface area (Å²) >= 11 is 1.33. The second-order valence-corrected chi connectivity index (χ2v) is 16.2. The van der Waals surface area contributed by atoms with Gasteiger partial charge in [-0.1, -0.05) is 20.8 Å². The quantitative estimate of drug-likeness (QED) is 0.341. The first kappa shape index (κ1) is 26.2. The molecule has 1 aliphatic heterocycles. The number of ether oxygens (including phenoxy) is 1. The molecule has 1 fully saturated rings. The van der Waals surface area contributed by atoms with Crippen LogP contribution in [-0.2, 0) is 9.16 Å². The third-order valence-corrected chi connectivity index (χ3v) is 11.2. The van der Waals surface area contributed by atoms with Gasteiger partial charge in [0.15, 0.2) is 8.32 Å². The summed E-state index contributed by atoms with van der Waals surface area (Å²) in [7, 11) is -2.06. The SMILES string of the molecule is CC(C)(C)OC(=O)N1C[C@H](O[Si](C)(C)C(C)(C)C)C[C@H]1C(C[N+](=O)[O-])SCCO. The summed E-state index contributed by atoms with van der Waals surface area (Å²) in [5, 5.41) is 20.0. The molecule has 0 aromatic carbocycles. The van der Waals surface area contributed by atoms with E-state index in [1.54, 1.807) is 25.7 Å². The Bertz CT molecular complexity index is 576. The van der Waals surface area contributed by atoms with Gasteiger partial charge in [0, 0.05) is 17.2 Å². The van der Waals surface area contributed by atoms with Gasteiger partial charge < -0.3 is 19.2 Å². The fourth-order valence-corrected chi connectivity index (χ4v) is 5.50. The lowest BCUT2D eigenvalue weighted by Crippen LogP contribution is -2.46. The van der Waals surface area contributed by atoms with Crippen LogP contribution in [-0.4, -0.2) is 77.8 Å². The van der Waals surface area contributed by atoms with Crippen molar-refractivity contribution in [2.24, 2.45) is 0 Å². The first-order valence-corrected chi connectivity index (χ1v) is 14.0. The number of rotatable bonds is 8. The Kier molecular flexibility index (Phi) is 9.01. The number of carbonyl (C=O) groups is 1. The molecule has 170 valence electrons. The highest BCUT2D eigenvalue weighted by Crippen LogP contribution is 2.40. The number of amides is 1. The summed E-state index contributed by atoms with van der Waals surface area (Å²) in [6.07, 6.45) is -0.123. The van der Waals surface area contributed by atoms with E-state index in [0.29, 0.717) is 18.7 Å². The molecule has 1 rings (SSSR count). The Balaban J connectivity index is 3.11. The molecule has 1 unspecified atom stereocenters. The predicted molar refractivity (Wildman–Crippen MR) is 119 cm³/mol. The molecule has 8 nitrogen and oxygen atoms in total. The minimum absolute atomic E-state index is 0.0215. The standard InChI is InChI=1S/C19H38N2O6SSi/c1-18(2,3)26-17(23)20-12-14(27-29(7,8)19(4,5)6)11-15(20)16(13-21(24)25)28-10-9-22/h14-16,22H,9-13H2,1-8H3/t14-,15+,16?/m1/s1. The summed E-state index contributed by atoms with van der Waals surface area (Å²) in [4.78, 5) is 25.4. The molecule has 0 aliphatic carbocycles. The van der Waals surface area contributed by atoms with Crippen LogP contribution in [0.25, 0.3) is 0 Å². The van der Waals surface area contributed by atoms with Crippen LogP contribution in [0.5, 0.6) is 0 Å². The largest absolute Gasteiger partial charge is 0.444 e. The van der Waals surface area contributed by atoms with Gasteiger partial charge in [0.1, 0.15) is 5.60 Å². The molecule has 0 saturated carbocycles. The highest BCUT2D eigenvalue weighted by molar-refractivity contribution is 8.00. The molecule has 0 spiro atoms. The van der Waals surface area contributed by atoms with Gasteiger partial charge >= 0.3 is 6.09 Å². The average Bonchev–Trinajstić information content (AvgIpc) is 2.91. The van der Waals surface area contributed by atoms with Gasteiger partial charge in [-0.2, -0.15) is 0 Å². The third-order valence-electron chi connectivity index (χ3n) is 5.38. The molecule has 1 heterocycles. The fourth-order valence-electron chi connectivity index (χ4n) is 3.02. The molecular weight excluding hydrogens is 412 g/mol. The van der Waals surface area contributed by atoms with E-state index < -0.39 is 25.3 Å². The van der Waals surface area contributed by atoms with Crippen LogP contribution in [0, 0.1) is 10.1 Å². The van der Waals surface area contributed by atoms with Gasteiger partial charge in [-0.25, -0.2) is 4.79 Å². The summed E-state index contributed by atoms with van der Waals surface area (Å²) in [6, 6.07) is -0.374. The Morgan fingerprint density at radius 1 is 1.31 bits per heavy atom. The topological polar surface area (TPSA) is 102 Å². The van der Waals surface area contributed by atoms with Crippen LogP contribution in [0.15, 0.2) is 0 Å². The maximum atomic E-state index is 12.9. The van der Waals surface area contributed by atoms with Crippen molar-refractivity contribution in [3.05, 3.63) is 10.1 Å². The number of hydrogen-bond donors (Lipinski definition) is 1. The molecule has 1 saturated heterocycles. The van der Waals surface area contributed by atoms with Gasteiger partial charge in [0.05, 0.1) is 24.0 Å². The lowest BCUT2D eigenvalue weighted by Gasteiger charge is -2.38. The molecule has 0 radical (unpaired) electrons. The van der Waals surface area contributed by atoms with Gasteiger partial charge in [-0.05, 0) is 45.3 Å². The van der Waals surface area contributed by atoms with Gasteiger partial charge in [0.25, 0.3) is 0 Å². The molecule has 29 heavy (non-hydrogen) atoms. The molecule has 0 bridgehead atoms. The number of likely N-dealkylation sites (tertiary alicyclic amines) is 1. The van der Waals surface area contributed by atoms with E-state index in [1.165, 1.54) is 11.8 Å². The minimum atomic E-state index is -2.06. The number of carbonyl (C=O) groups excluding carboxylic acids is 1. The predicted octanol–water partition coefficient (Wildman–Crippen LogP) is 3.76. The van der Waals surface area contributed by atoms with E-state index >= 15 is 0 Å². The number of hydrogen-bond acceptors (Lipinski definition) is 7. The van der Waals surface area contributed by atoms with E-state index in [0.717, 1.165) is 0 Å². The fraction of sp³-hybridized carbons (Fsp3) is 0.947. The molecule has 10 heteroatoms. The van der Waals surface area contributed by atoms with Crippen molar-refractivity contribution in [3.63, 3.8) is 0 Å². The third kappa shape index (κ3) is 8.07. The molecular formula is C19H38N2O6SSi. The maximum Gasteiger partial charge on any atom is 0.410 e. The number of aliphatic hydroxyl groups is 1. The van der Waals surface area contributed by atoms with Crippen LogP contribution in [0.2, 0.25) is 18.1 Å². The summed E-state index contributed by atoms with van der Waals surface area (Å²) in [5.41, 5.74) is -0.656. The second kappa shape index (κ2) is 9.98. The highest BCUT2D eigenvalue weighted by Gasteiger charge is 2.47. The van der Waals surface area contributed by atoms with Crippen molar-refractivity contribution in [1.82, 2.24) is 4.90 Å². The smallest absolute Gasteiger partial charge is 0.410 e. The molecule has 1 aliphatic rings. The minimum Gasteiger partial charge on any atom is -0.444 e. The Hall–Kier alpha value is -0.843. The van der Waals surface area contributed by atoms with Gasteiger partial charge in [-0.3, -0.25) is 10.1 Å². The van der Waals surface area contributed by atoms with Crippen LogP contribution >= 0.6 is 11.8 Å². The van der Waals surface area contributed by atoms with E-state index in [2.05, 4.69) is 33.9 Å². The lowest BCUT2D eigenvalue weighted by molar-refractivity contribution is -0.479. The lowest BCUT2D eigenvalue weighted by atomic mass is 10.1. The van der Waals surface area contributed by atoms with Crippen molar-refractivity contribution >= 4 is 26.2 Å². The Morgan fingerprint density at radius 2 is 1.90 bits per heavy atom. The van der Waals surface area contributed by atoms with Gasteiger partial charge in [-0.15, -0.1) is 11.8 Å². The zero-order valence-corrected chi connectivity index (χ0v) is 20.9. The average molecular weight is 451 g/mol. The van der Waals surface area contributed by atoms with Crippen LogP contribution in [0.1, 0.15) is 48.0 Å². The van der Waals surface area contributed by atoms with E-state index in [-0.39, 0.29) is 35.3 Å². The summed E-state index contributed by atoms with van der Waals surface area (Å²) in [6.45, 7) is 16.2. The zero-order chi connectivity index (χ0) is 22.6. The molecule has 3 atom stereocenters. The van der Waals surface area contributed by atoms with Crippen molar-refractivity contribution in [2.75, 3.05) is 25.4 Å². The first-order chi connectivity index (χ1) is 13.1. The Morgan fingerprint density at radius 3 is 2.34 bits per heavy atom. The zero-order valence-electron chi connectivity index (χ0n) is 19.1. The maximum absolute atomic E-state index is 12.9. The van der Waals surface area contributed by atoms with E-state index in [1.807, 2.05) is 0 Å².